The summed E-state index contributed by atoms with van der Waals surface area (Å²) in [7, 11) is 1.32. The van der Waals surface area contributed by atoms with Crippen LogP contribution in [0, 0.1) is 29.1 Å². The van der Waals surface area contributed by atoms with Gasteiger partial charge in [-0.2, -0.15) is 0 Å². The Morgan fingerprint density at radius 1 is 1.43 bits per heavy atom. The molecule has 0 spiro atoms. The van der Waals surface area contributed by atoms with Crippen LogP contribution < -0.4 is 0 Å². The predicted molar refractivity (Wildman–Crippen MR) is 48.2 cm³/mol. The number of hydrogen-bond donors (Lipinski definition) is 1. The topological polar surface area (TPSA) is 63.6 Å². The van der Waals surface area contributed by atoms with Gasteiger partial charge in [0.05, 0.1) is 13.0 Å². The fourth-order valence-corrected chi connectivity index (χ4v) is 1.61. The molecule has 0 aromatic heterocycles. The summed E-state index contributed by atoms with van der Waals surface area (Å²) in [5, 5.41) is 8.35. The lowest BCUT2D eigenvalue weighted by atomic mass is 10.1. The number of carbonyl (C=O) groups excluding carboxylic acids is 1. The van der Waals surface area contributed by atoms with Gasteiger partial charge in [-0.1, -0.05) is 19.8 Å². The lowest BCUT2D eigenvalue weighted by Gasteiger charge is -1.98. The highest BCUT2D eigenvalue weighted by Crippen LogP contribution is 2.58. The van der Waals surface area contributed by atoms with Crippen LogP contribution in [0.15, 0.2) is 0 Å². The maximum Gasteiger partial charge on any atom is 0.381 e. The van der Waals surface area contributed by atoms with E-state index >= 15 is 0 Å². The number of carboxylic acids is 1. The number of aliphatic carboxylic acids is 1. The Kier molecular flexibility index (Phi) is 2.52. The molecule has 4 nitrogen and oxygen atoms in total. The van der Waals surface area contributed by atoms with Crippen molar-refractivity contribution in [2.24, 2.45) is 17.3 Å². The summed E-state index contributed by atoms with van der Waals surface area (Å²) in [5.41, 5.74) is -0.268. The first kappa shape index (κ1) is 10.6. The van der Waals surface area contributed by atoms with E-state index in [-0.39, 0.29) is 23.2 Å². The van der Waals surface area contributed by atoms with Crippen LogP contribution >= 0.6 is 0 Å². The summed E-state index contributed by atoms with van der Waals surface area (Å²) in [6.45, 7) is 3.74. The van der Waals surface area contributed by atoms with Crippen LogP contribution in [0.1, 0.15) is 13.8 Å². The van der Waals surface area contributed by atoms with Gasteiger partial charge < -0.3 is 9.84 Å². The quantitative estimate of drug-likeness (QED) is 0.490. The zero-order chi connectivity index (χ0) is 10.9. The van der Waals surface area contributed by atoms with E-state index in [0.29, 0.717) is 0 Å². The van der Waals surface area contributed by atoms with Crippen LogP contribution in [-0.2, 0) is 14.3 Å². The lowest BCUT2D eigenvalue weighted by molar-refractivity contribution is -0.143. The lowest BCUT2D eigenvalue weighted by Crippen LogP contribution is -2.07. The Morgan fingerprint density at radius 2 is 2.00 bits per heavy atom. The molecule has 2 atom stereocenters. The molecule has 0 aromatic carbocycles. The van der Waals surface area contributed by atoms with Gasteiger partial charge in [-0.3, -0.25) is 4.79 Å². The van der Waals surface area contributed by atoms with Crippen molar-refractivity contribution in [1.82, 2.24) is 0 Å². The largest absolute Gasteiger partial charge is 0.472 e. The number of carboxylic acid groups (broad SMARTS) is 1. The number of rotatable bonds is 1. The SMILES string of the molecule is COC(=O)C1C(C#CC(=O)O)C1(C)C. The molecular weight excluding hydrogens is 184 g/mol. The van der Waals surface area contributed by atoms with Crippen LogP contribution in [-0.4, -0.2) is 24.2 Å². The van der Waals surface area contributed by atoms with Gasteiger partial charge in [0.2, 0.25) is 0 Å². The third kappa shape index (κ3) is 1.72. The first-order valence-electron chi connectivity index (χ1n) is 4.23. The monoisotopic (exact) mass is 196 g/mol. The highest BCUT2D eigenvalue weighted by Gasteiger charge is 2.62. The van der Waals surface area contributed by atoms with Crippen molar-refractivity contribution in [3.63, 3.8) is 0 Å². The van der Waals surface area contributed by atoms with E-state index in [0.717, 1.165) is 0 Å². The molecule has 0 radical (unpaired) electrons. The number of methoxy groups -OCH3 is 1. The van der Waals surface area contributed by atoms with E-state index in [1.807, 2.05) is 19.8 Å². The maximum atomic E-state index is 11.2. The van der Waals surface area contributed by atoms with Gasteiger partial charge in [0, 0.05) is 11.8 Å². The second kappa shape index (κ2) is 3.33. The van der Waals surface area contributed by atoms with E-state index < -0.39 is 5.97 Å². The maximum absolute atomic E-state index is 11.2. The first-order chi connectivity index (χ1) is 6.41. The van der Waals surface area contributed by atoms with E-state index in [9.17, 15) is 9.59 Å². The number of hydrogen-bond acceptors (Lipinski definition) is 3. The number of esters is 1. The molecule has 1 rings (SSSR count). The Morgan fingerprint density at radius 3 is 2.43 bits per heavy atom. The fourth-order valence-electron chi connectivity index (χ4n) is 1.61. The molecule has 1 N–H and O–H groups in total. The molecule has 1 aliphatic rings. The minimum Gasteiger partial charge on any atom is -0.472 e. The van der Waals surface area contributed by atoms with E-state index in [1.54, 1.807) is 0 Å². The number of ether oxygens (including phenoxy) is 1. The van der Waals surface area contributed by atoms with Gasteiger partial charge in [0.25, 0.3) is 0 Å². The van der Waals surface area contributed by atoms with Gasteiger partial charge in [-0.05, 0) is 5.41 Å². The van der Waals surface area contributed by atoms with Crippen LogP contribution in [0.2, 0.25) is 0 Å². The second-order valence-electron chi connectivity index (χ2n) is 3.87. The van der Waals surface area contributed by atoms with Crippen LogP contribution in [0.4, 0.5) is 0 Å². The Labute approximate surface area is 82.2 Å². The first-order valence-corrected chi connectivity index (χ1v) is 4.23. The van der Waals surface area contributed by atoms with Crippen molar-refractivity contribution < 1.29 is 19.4 Å². The van der Waals surface area contributed by atoms with Gasteiger partial charge in [-0.15, -0.1) is 0 Å². The van der Waals surface area contributed by atoms with Crippen molar-refractivity contribution in [2.75, 3.05) is 7.11 Å². The smallest absolute Gasteiger partial charge is 0.381 e. The molecule has 1 saturated carbocycles. The van der Waals surface area contributed by atoms with Crippen molar-refractivity contribution in [3.05, 3.63) is 0 Å². The molecule has 2 unspecified atom stereocenters. The molecule has 4 heteroatoms. The Bertz CT molecular complexity index is 332. The van der Waals surface area contributed by atoms with E-state index in [2.05, 4.69) is 10.7 Å². The predicted octanol–water partition coefficient (Wildman–Crippen LogP) is 0.520. The molecule has 0 bridgehead atoms. The molecule has 1 fully saturated rings. The van der Waals surface area contributed by atoms with Crippen molar-refractivity contribution in [2.45, 2.75) is 13.8 Å². The summed E-state index contributed by atoms with van der Waals surface area (Å²) in [4.78, 5) is 21.4. The second-order valence-corrected chi connectivity index (χ2v) is 3.87. The standard InChI is InChI=1S/C10H12O4/c1-10(2)6(4-5-7(11)12)8(10)9(13)14-3/h6,8H,1-3H3,(H,11,12). The molecule has 0 aliphatic heterocycles. The molecule has 0 saturated heterocycles. The molecule has 14 heavy (non-hydrogen) atoms. The third-order valence-corrected chi connectivity index (χ3v) is 2.62. The van der Waals surface area contributed by atoms with Gasteiger partial charge in [0.15, 0.2) is 0 Å². The van der Waals surface area contributed by atoms with Crippen LogP contribution in [0.25, 0.3) is 0 Å². The molecule has 0 amide bonds. The summed E-state index contributed by atoms with van der Waals surface area (Å²) in [6.07, 6.45) is 0. The highest BCUT2D eigenvalue weighted by molar-refractivity contribution is 5.87. The molecule has 76 valence electrons. The van der Waals surface area contributed by atoms with Crippen molar-refractivity contribution in [3.8, 4) is 11.8 Å². The average Bonchev–Trinajstić information content (AvgIpc) is 2.63. The van der Waals surface area contributed by atoms with Crippen molar-refractivity contribution in [1.29, 1.82) is 0 Å². The van der Waals surface area contributed by atoms with Crippen LogP contribution in [0.5, 0.6) is 0 Å². The summed E-state index contributed by atoms with van der Waals surface area (Å²) >= 11 is 0. The summed E-state index contributed by atoms with van der Waals surface area (Å²) < 4.78 is 4.59. The normalized spacial score (nSPS) is 27.1. The zero-order valence-electron chi connectivity index (χ0n) is 8.33. The van der Waals surface area contributed by atoms with Crippen molar-refractivity contribution >= 4 is 11.9 Å². The molecule has 0 heterocycles. The average molecular weight is 196 g/mol. The van der Waals surface area contributed by atoms with E-state index in [4.69, 9.17) is 5.11 Å². The van der Waals surface area contributed by atoms with Gasteiger partial charge in [0.1, 0.15) is 0 Å². The Balaban J connectivity index is 2.73. The summed E-state index contributed by atoms with van der Waals surface area (Å²) in [5.74, 6) is 2.61. The summed E-state index contributed by atoms with van der Waals surface area (Å²) in [6, 6.07) is 0. The van der Waals surface area contributed by atoms with Gasteiger partial charge in [-0.25, -0.2) is 4.79 Å². The third-order valence-electron chi connectivity index (χ3n) is 2.62. The van der Waals surface area contributed by atoms with Crippen LogP contribution in [0.3, 0.4) is 0 Å². The zero-order valence-corrected chi connectivity index (χ0v) is 8.33. The van der Waals surface area contributed by atoms with E-state index in [1.165, 1.54) is 7.11 Å². The molecule has 0 aromatic rings. The fraction of sp³-hybridized carbons (Fsp3) is 0.600. The van der Waals surface area contributed by atoms with Gasteiger partial charge >= 0.3 is 11.9 Å². The minimum absolute atomic E-state index is 0.203. The minimum atomic E-state index is -1.17. The number of carbonyl (C=O) groups is 2. The highest BCUT2D eigenvalue weighted by atomic mass is 16.5. The molecular formula is C10H12O4. The molecule has 1 aliphatic carbocycles. The Hall–Kier alpha value is -1.50.